The number of hydrogen-bond acceptors (Lipinski definition) is 4. The minimum absolute atomic E-state index is 0.121. The summed E-state index contributed by atoms with van der Waals surface area (Å²) < 4.78 is 26.4. The van der Waals surface area contributed by atoms with Crippen molar-refractivity contribution in [3.05, 3.63) is 64.7 Å². The van der Waals surface area contributed by atoms with Crippen LogP contribution in [0.3, 0.4) is 0 Å². The van der Waals surface area contributed by atoms with Crippen molar-refractivity contribution in [2.24, 2.45) is 0 Å². The number of nitrogens with zero attached hydrogens (tertiary/aromatic N) is 2. The molecule has 0 aromatic heterocycles. The molecule has 0 aliphatic heterocycles. The zero-order valence-electron chi connectivity index (χ0n) is 22.9. The molecule has 2 aromatic carbocycles. The predicted octanol–water partition coefficient (Wildman–Crippen LogP) is 4.49. The lowest BCUT2D eigenvalue weighted by atomic mass is 10.1. The van der Waals surface area contributed by atoms with Crippen LogP contribution in [0.2, 0.25) is 0 Å². The average Bonchev–Trinajstić information content (AvgIpc) is 2.75. The molecule has 0 aliphatic rings. The van der Waals surface area contributed by atoms with Crippen LogP contribution in [-0.4, -0.2) is 49.5 Å². The fraction of sp³-hybridized carbons (Fsp3) is 0.500. The maximum atomic E-state index is 13.4. The molecule has 0 heterocycles. The molecule has 0 saturated heterocycles. The summed E-state index contributed by atoms with van der Waals surface area (Å²) in [7, 11) is -3.53. The Morgan fingerprint density at radius 1 is 0.972 bits per heavy atom. The highest BCUT2D eigenvalue weighted by atomic mass is 32.2. The second-order valence-corrected chi connectivity index (χ2v) is 12.5. The largest absolute Gasteiger partial charge is 0.350 e. The van der Waals surface area contributed by atoms with Crippen molar-refractivity contribution in [2.75, 3.05) is 17.1 Å². The van der Waals surface area contributed by atoms with E-state index in [2.05, 4.69) is 5.32 Å². The van der Waals surface area contributed by atoms with Gasteiger partial charge in [0.2, 0.25) is 21.8 Å². The van der Waals surface area contributed by atoms with Crippen LogP contribution < -0.4 is 9.62 Å². The van der Waals surface area contributed by atoms with E-state index in [-0.39, 0.29) is 24.8 Å². The van der Waals surface area contributed by atoms with Gasteiger partial charge >= 0.3 is 0 Å². The molecule has 0 fully saturated rings. The second kappa shape index (κ2) is 11.9. The number of aryl methyl sites for hydroxylation is 3. The number of anilines is 1. The highest BCUT2D eigenvalue weighted by Gasteiger charge is 2.29. The van der Waals surface area contributed by atoms with E-state index in [1.165, 1.54) is 10.6 Å². The van der Waals surface area contributed by atoms with Crippen LogP contribution in [0.25, 0.3) is 0 Å². The quantitative estimate of drug-likeness (QED) is 0.505. The van der Waals surface area contributed by atoms with E-state index in [1.807, 2.05) is 77.9 Å². The fourth-order valence-corrected chi connectivity index (χ4v) is 4.87. The Morgan fingerprint density at radius 3 is 2.17 bits per heavy atom. The molecule has 2 amide bonds. The van der Waals surface area contributed by atoms with Crippen molar-refractivity contribution < 1.29 is 18.0 Å². The van der Waals surface area contributed by atoms with E-state index in [0.717, 1.165) is 22.3 Å². The van der Waals surface area contributed by atoms with E-state index in [0.29, 0.717) is 18.7 Å². The van der Waals surface area contributed by atoms with Gasteiger partial charge in [-0.2, -0.15) is 0 Å². The number of rotatable bonds is 10. The third-order valence-electron chi connectivity index (χ3n) is 6.20. The van der Waals surface area contributed by atoms with Crippen molar-refractivity contribution in [2.45, 2.75) is 79.4 Å². The van der Waals surface area contributed by atoms with Crippen LogP contribution in [0, 0.1) is 20.8 Å². The molecule has 2 aromatic rings. The summed E-state index contributed by atoms with van der Waals surface area (Å²) in [5, 5.41) is 2.96. The average molecular weight is 516 g/mol. The lowest BCUT2D eigenvalue weighted by molar-refractivity contribution is -0.141. The van der Waals surface area contributed by atoms with Gasteiger partial charge in [-0.1, -0.05) is 30.3 Å². The lowest BCUT2D eigenvalue weighted by Gasteiger charge is -2.32. The third kappa shape index (κ3) is 8.36. The first-order valence-corrected chi connectivity index (χ1v) is 14.2. The predicted molar refractivity (Wildman–Crippen MR) is 146 cm³/mol. The lowest BCUT2D eigenvalue weighted by Crippen LogP contribution is -2.52. The Morgan fingerprint density at radius 2 is 1.61 bits per heavy atom. The van der Waals surface area contributed by atoms with Gasteiger partial charge in [-0.15, -0.1) is 0 Å². The Bertz CT molecular complexity index is 1190. The van der Waals surface area contributed by atoms with Crippen molar-refractivity contribution in [3.8, 4) is 0 Å². The van der Waals surface area contributed by atoms with Gasteiger partial charge in [0.15, 0.2) is 0 Å². The molecule has 36 heavy (non-hydrogen) atoms. The van der Waals surface area contributed by atoms with Crippen LogP contribution in [0.1, 0.15) is 62.8 Å². The third-order valence-corrected chi connectivity index (χ3v) is 7.39. The maximum Gasteiger partial charge on any atom is 0.242 e. The first-order valence-electron chi connectivity index (χ1n) is 12.3. The van der Waals surface area contributed by atoms with Crippen LogP contribution >= 0.6 is 0 Å². The highest BCUT2D eigenvalue weighted by molar-refractivity contribution is 7.92. The van der Waals surface area contributed by atoms with Crippen molar-refractivity contribution in [3.63, 3.8) is 0 Å². The van der Waals surface area contributed by atoms with Gasteiger partial charge < -0.3 is 10.2 Å². The highest BCUT2D eigenvalue weighted by Crippen LogP contribution is 2.22. The Kier molecular flexibility index (Phi) is 9.71. The van der Waals surface area contributed by atoms with Crippen molar-refractivity contribution in [1.29, 1.82) is 0 Å². The van der Waals surface area contributed by atoms with E-state index in [1.54, 1.807) is 17.9 Å². The number of sulfonamides is 1. The van der Waals surface area contributed by atoms with E-state index >= 15 is 0 Å². The van der Waals surface area contributed by atoms with E-state index in [9.17, 15) is 18.0 Å². The van der Waals surface area contributed by atoms with Crippen LogP contribution in [-0.2, 0) is 26.2 Å². The maximum absolute atomic E-state index is 13.4. The molecule has 8 heteroatoms. The smallest absolute Gasteiger partial charge is 0.242 e. The first-order chi connectivity index (χ1) is 16.6. The molecule has 0 spiro atoms. The second-order valence-electron chi connectivity index (χ2n) is 10.6. The Hall–Kier alpha value is -2.87. The number of carbonyl (C=O) groups excluding carboxylic acids is 2. The summed E-state index contributed by atoms with van der Waals surface area (Å²) in [5.41, 5.74) is 4.25. The van der Waals surface area contributed by atoms with Gasteiger partial charge in [-0.3, -0.25) is 13.9 Å². The molecule has 1 atom stereocenters. The molecule has 0 aliphatic carbocycles. The summed E-state index contributed by atoms with van der Waals surface area (Å²) in [6.45, 7) is 13.8. The molecule has 1 N–H and O–H groups in total. The van der Waals surface area contributed by atoms with E-state index in [4.69, 9.17) is 0 Å². The summed E-state index contributed by atoms with van der Waals surface area (Å²) in [6, 6.07) is 12.6. The molecular formula is C28H41N3O4S. The summed E-state index contributed by atoms with van der Waals surface area (Å²) in [4.78, 5) is 27.9. The number of carbonyl (C=O) groups is 2. The molecule has 198 valence electrons. The van der Waals surface area contributed by atoms with Crippen LogP contribution in [0.15, 0.2) is 42.5 Å². The Labute approximate surface area is 216 Å². The monoisotopic (exact) mass is 515 g/mol. The van der Waals surface area contributed by atoms with Gasteiger partial charge in [0.05, 0.1) is 11.9 Å². The van der Waals surface area contributed by atoms with Gasteiger partial charge in [0.25, 0.3) is 0 Å². The SMILES string of the molecule is Cc1ccc(N(CCCC(=O)N(Cc2ccccc2C)C(C)C(=O)NC(C)(C)C)S(C)(=O)=O)cc1C. The van der Waals surface area contributed by atoms with Crippen molar-refractivity contribution in [1.82, 2.24) is 10.2 Å². The molecule has 7 nitrogen and oxygen atoms in total. The van der Waals surface area contributed by atoms with Gasteiger partial charge in [0.1, 0.15) is 6.04 Å². The molecular weight excluding hydrogens is 474 g/mol. The zero-order valence-corrected chi connectivity index (χ0v) is 23.7. The minimum atomic E-state index is -3.53. The normalized spacial score (nSPS) is 12.7. The van der Waals surface area contributed by atoms with Crippen LogP contribution in [0.4, 0.5) is 5.69 Å². The molecule has 0 radical (unpaired) electrons. The number of hydrogen-bond donors (Lipinski definition) is 1. The molecule has 2 rings (SSSR count). The van der Waals surface area contributed by atoms with Gasteiger partial charge in [0, 0.05) is 25.0 Å². The molecule has 0 bridgehead atoms. The zero-order chi connectivity index (χ0) is 27.3. The Balaban J connectivity index is 2.22. The van der Waals surface area contributed by atoms with Gasteiger partial charge in [-0.25, -0.2) is 8.42 Å². The number of nitrogens with one attached hydrogen (secondary N) is 1. The summed E-state index contributed by atoms with van der Waals surface area (Å²) in [5.74, 6) is -0.416. The molecule has 0 saturated carbocycles. The number of amides is 2. The standard InChI is InChI=1S/C28H41N3O4S/c1-20-15-16-25(18-22(20)3)31(36(8,34)35)17-11-14-26(32)30(19-24-13-10-9-12-21(24)2)23(4)27(33)29-28(5,6)7/h9-10,12-13,15-16,18,23H,11,14,17,19H2,1-8H3,(H,29,33). The fourth-order valence-electron chi connectivity index (χ4n) is 3.91. The first kappa shape index (κ1) is 29.4. The van der Waals surface area contributed by atoms with E-state index < -0.39 is 21.6 Å². The minimum Gasteiger partial charge on any atom is -0.350 e. The van der Waals surface area contributed by atoms with Crippen molar-refractivity contribution >= 4 is 27.5 Å². The van der Waals surface area contributed by atoms with Gasteiger partial charge in [-0.05, 0) is 89.3 Å². The van der Waals surface area contributed by atoms with Crippen LogP contribution in [0.5, 0.6) is 0 Å². The number of benzene rings is 2. The molecule has 1 unspecified atom stereocenters. The summed E-state index contributed by atoms with van der Waals surface area (Å²) >= 11 is 0. The summed E-state index contributed by atoms with van der Waals surface area (Å²) in [6.07, 6.45) is 1.62. The topological polar surface area (TPSA) is 86.8 Å².